The van der Waals surface area contributed by atoms with E-state index in [0.717, 1.165) is 6.26 Å². The second kappa shape index (κ2) is 6.27. The van der Waals surface area contributed by atoms with Crippen LogP contribution in [0.25, 0.3) is 11.0 Å². The van der Waals surface area contributed by atoms with Crippen molar-refractivity contribution in [2.75, 3.05) is 27.8 Å². The molecule has 1 aromatic heterocycles. The van der Waals surface area contributed by atoms with Crippen LogP contribution in [-0.2, 0) is 9.47 Å². The third-order valence-electron chi connectivity index (χ3n) is 2.47. The van der Waals surface area contributed by atoms with Gasteiger partial charge in [0.2, 0.25) is 11.2 Å². The summed E-state index contributed by atoms with van der Waals surface area (Å²) in [5.74, 6) is 0.0241. The van der Waals surface area contributed by atoms with Gasteiger partial charge in [-0.2, -0.15) is 0 Å². The summed E-state index contributed by atoms with van der Waals surface area (Å²) in [6, 6.07) is 2.79. The number of phenols is 1. The summed E-state index contributed by atoms with van der Waals surface area (Å²) in [4.78, 5) is 12.1. The quantitative estimate of drug-likeness (QED) is 0.802. The SMILES string of the molecule is COCOc1cc(O)c2c(=O)c(OCOC)coc2c1. The summed E-state index contributed by atoms with van der Waals surface area (Å²) in [6.07, 6.45) is 1.16. The van der Waals surface area contributed by atoms with E-state index in [1.165, 1.54) is 26.4 Å². The van der Waals surface area contributed by atoms with Gasteiger partial charge in [-0.3, -0.25) is 4.79 Å². The average Bonchev–Trinajstić information content (AvgIpc) is 2.44. The summed E-state index contributed by atoms with van der Waals surface area (Å²) in [5.41, 5.74) is -0.301. The van der Waals surface area contributed by atoms with Crippen molar-refractivity contribution in [3.63, 3.8) is 0 Å². The van der Waals surface area contributed by atoms with Gasteiger partial charge in [0.1, 0.15) is 28.7 Å². The van der Waals surface area contributed by atoms with Gasteiger partial charge in [0, 0.05) is 26.4 Å². The van der Waals surface area contributed by atoms with Gasteiger partial charge in [-0.1, -0.05) is 0 Å². The molecular formula is C13H14O7. The normalized spacial score (nSPS) is 10.7. The molecule has 0 radical (unpaired) electrons. The van der Waals surface area contributed by atoms with Crippen LogP contribution in [0, 0.1) is 0 Å². The molecule has 2 aromatic rings. The van der Waals surface area contributed by atoms with E-state index in [1.54, 1.807) is 0 Å². The van der Waals surface area contributed by atoms with E-state index < -0.39 is 5.43 Å². The molecule has 0 spiro atoms. The highest BCUT2D eigenvalue weighted by atomic mass is 16.7. The third-order valence-corrected chi connectivity index (χ3v) is 2.47. The van der Waals surface area contributed by atoms with Gasteiger partial charge >= 0.3 is 0 Å². The Labute approximate surface area is 114 Å². The molecule has 20 heavy (non-hydrogen) atoms. The van der Waals surface area contributed by atoms with Gasteiger partial charge in [0.15, 0.2) is 13.6 Å². The number of hydrogen-bond donors (Lipinski definition) is 1. The number of rotatable bonds is 6. The Hall–Kier alpha value is -2.25. The molecule has 7 nitrogen and oxygen atoms in total. The second-order valence-electron chi connectivity index (χ2n) is 3.85. The Morgan fingerprint density at radius 2 is 1.85 bits per heavy atom. The highest BCUT2D eigenvalue weighted by Gasteiger charge is 2.14. The van der Waals surface area contributed by atoms with Crippen molar-refractivity contribution in [1.29, 1.82) is 0 Å². The van der Waals surface area contributed by atoms with Crippen LogP contribution in [0.3, 0.4) is 0 Å². The second-order valence-corrected chi connectivity index (χ2v) is 3.85. The lowest BCUT2D eigenvalue weighted by Gasteiger charge is -2.08. The number of fused-ring (bicyclic) bond motifs is 1. The summed E-state index contributed by atoms with van der Waals surface area (Å²) >= 11 is 0. The Bertz CT molecular complexity index is 647. The zero-order valence-electron chi connectivity index (χ0n) is 11.0. The molecule has 1 aromatic carbocycles. The molecule has 0 bridgehead atoms. The van der Waals surface area contributed by atoms with Gasteiger partial charge in [0.25, 0.3) is 0 Å². The highest BCUT2D eigenvalue weighted by Crippen LogP contribution is 2.29. The predicted molar refractivity (Wildman–Crippen MR) is 69.2 cm³/mol. The Morgan fingerprint density at radius 1 is 1.15 bits per heavy atom. The minimum atomic E-state index is -0.487. The number of aromatic hydroxyl groups is 1. The minimum absolute atomic E-state index is 0.0170. The van der Waals surface area contributed by atoms with Gasteiger partial charge in [0.05, 0.1) is 0 Å². The van der Waals surface area contributed by atoms with Gasteiger partial charge in [-0.15, -0.1) is 0 Å². The van der Waals surface area contributed by atoms with E-state index in [2.05, 4.69) is 0 Å². The number of hydrogen-bond acceptors (Lipinski definition) is 7. The number of benzene rings is 1. The van der Waals surface area contributed by atoms with Crippen LogP contribution >= 0.6 is 0 Å². The van der Waals surface area contributed by atoms with Crippen LogP contribution in [0.2, 0.25) is 0 Å². The fourth-order valence-corrected chi connectivity index (χ4v) is 1.62. The molecule has 1 N–H and O–H groups in total. The Balaban J connectivity index is 2.45. The first-order valence-electron chi connectivity index (χ1n) is 5.69. The molecule has 0 aliphatic heterocycles. The topological polar surface area (TPSA) is 87.4 Å². The monoisotopic (exact) mass is 282 g/mol. The molecule has 1 heterocycles. The maximum atomic E-state index is 12.1. The number of ether oxygens (including phenoxy) is 4. The molecular weight excluding hydrogens is 268 g/mol. The first kappa shape index (κ1) is 14.2. The molecule has 0 fully saturated rings. The zero-order chi connectivity index (χ0) is 14.5. The lowest BCUT2D eigenvalue weighted by atomic mass is 10.2. The van der Waals surface area contributed by atoms with E-state index in [1.807, 2.05) is 0 Å². The lowest BCUT2D eigenvalue weighted by molar-refractivity contribution is 0.0489. The highest BCUT2D eigenvalue weighted by molar-refractivity contribution is 5.85. The summed E-state index contributed by atoms with van der Waals surface area (Å²) in [7, 11) is 2.90. The average molecular weight is 282 g/mol. The molecule has 0 aliphatic carbocycles. The molecule has 0 atom stereocenters. The van der Waals surface area contributed by atoms with Crippen molar-refractivity contribution in [1.82, 2.24) is 0 Å². The molecule has 0 saturated heterocycles. The van der Waals surface area contributed by atoms with E-state index in [4.69, 9.17) is 23.4 Å². The smallest absolute Gasteiger partial charge is 0.238 e. The number of phenolic OH excluding ortho intramolecular Hbond substituents is 1. The largest absolute Gasteiger partial charge is 0.507 e. The van der Waals surface area contributed by atoms with Crippen LogP contribution in [0.5, 0.6) is 17.2 Å². The van der Waals surface area contributed by atoms with Crippen LogP contribution < -0.4 is 14.9 Å². The molecule has 2 rings (SSSR count). The molecule has 0 saturated carbocycles. The predicted octanol–water partition coefficient (Wildman–Crippen LogP) is 1.46. The molecule has 7 heteroatoms. The van der Waals surface area contributed by atoms with Crippen LogP contribution in [0.1, 0.15) is 0 Å². The number of methoxy groups -OCH3 is 2. The lowest BCUT2D eigenvalue weighted by Crippen LogP contribution is -2.10. The minimum Gasteiger partial charge on any atom is -0.507 e. The van der Waals surface area contributed by atoms with Gasteiger partial charge in [-0.25, -0.2) is 0 Å². The van der Waals surface area contributed by atoms with Gasteiger partial charge in [-0.05, 0) is 0 Å². The summed E-state index contributed by atoms with van der Waals surface area (Å²) in [6.45, 7) is -0.0731. The third kappa shape index (κ3) is 2.84. The van der Waals surface area contributed by atoms with Crippen LogP contribution in [0.15, 0.2) is 27.6 Å². The van der Waals surface area contributed by atoms with Crippen molar-refractivity contribution in [2.24, 2.45) is 0 Å². The molecule has 0 aliphatic rings. The summed E-state index contributed by atoms with van der Waals surface area (Å²) < 4.78 is 25.0. The standard InChI is InChI=1S/C13H14O7/c1-16-6-19-8-3-9(14)12-10(4-8)18-5-11(13(12)15)20-7-17-2/h3-5,14H,6-7H2,1-2H3. The first-order chi connectivity index (χ1) is 9.67. The van der Waals surface area contributed by atoms with E-state index in [9.17, 15) is 9.90 Å². The molecule has 0 amide bonds. The van der Waals surface area contributed by atoms with Gasteiger partial charge < -0.3 is 28.5 Å². The van der Waals surface area contributed by atoms with Crippen LogP contribution in [0.4, 0.5) is 0 Å². The first-order valence-corrected chi connectivity index (χ1v) is 5.69. The zero-order valence-corrected chi connectivity index (χ0v) is 11.0. The summed E-state index contributed by atoms with van der Waals surface area (Å²) in [5, 5.41) is 9.93. The van der Waals surface area contributed by atoms with E-state index >= 15 is 0 Å². The van der Waals surface area contributed by atoms with E-state index in [0.29, 0.717) is 5.75 Å². The maximum absolute atomic E-state index is 12.1. The fraction of sp³-hybridized carbons (Fsp3) is 0.308. The van der Waals surface area contributed by atoms with Crippen molar-refractivity contribution in [3.8, 4) is 17.2 Å². The molecule has 0 unspecified atom stereocenters. The Kier molecular flexibility index (Phi) is 4.44. The van der Waals surface area contributed by atoms with E-state index in [-0.39, 0.29) is 36.1 Å². The van der Waals surface area contributed by atoms with Crippen molar-refractivity contribution in [3.05, 3.63) is 28.6 Å². The maximum Gasteiger partial charge on any atom is 0.238 e. The Morgan fingerprint density at radius 3 is 2.55 bits per heavy atom. The fourth-order valence-electron chi connectivity index (χ4n) is 1.62. The van der Waals surface area contributed by atoms with Crippen molar-refractivity contribution < 1.29 is 28.5 Å². The van der Waals surface area contributed by atoms with Crippen molar-refractivity contribution >= 4 is 11.0 Å². The van der Waals surface area contributed by atoms with Crippen molar-refractivity contribution in [2.45, 2.75) is 0 Å². The molecule has 108 valence electrons. The van der Waals surface area contributed by atoms with Crippen LogP contribution in [-0.4, -0.2) is 32.9 Å².